The second kappa shape index (κ2) is 5.14. The number of carbonyl (C=O) groups is 1. The van der Waals surface area contributed by atoms with Crippen LogP contribution in [0.1, 0.15) is 30.1 Å². The van der Waals surface area contributed by atoms with Gasteiger partial charge in [-0.3, -0.25) is 4.98 Å². The van der Waals surface area contributed by atoms with E-state index in [4.69, 9.17) is 10.2 Å². The van der Waals surface area contributed by atoms with Crippen molar-refractivity contribution in [3.8, 4) is 0 Å². The number of likely N-dealkylation sites (tertiary alicyclic amines) is 1. The maximum atomic E-state index is 10.9. The van der Waals surface area contributed by atoms with E-state index >= 15 is 0 Å². The Morgan fingerprint density at radius 1 is 1.53 bits per heavy atom. The summed E-state index contributed by atoms with van der Waals surface area (Å²) in [6.07, 6.45) is 0.946. The molecule has 1 amide bonds. The first-order chi connectivity index (χ1) is 8.20. The van der Waals surface area contributed by atoms with Crippen LogP contribution in [0.2, 0.25) is 0 Å². The molecule has 1 saturated heterocycles. The summed E-state index contributed by atoms with van der Waals surface area (Å²) in [5.74, 6) is 0.145. The Hall–Kier alpha value is -1.62. The zero-order chi connectivity index (χ0) is 12.3. The molecule has 1 aromatic heterocycles. The minimum atomic E-state index is -0.868. The van der Waals surface area contributed by atoms with E-state index in [1.165, 1.54) is 4.90 Å². The van der Waals surface area contributed by atoms with Gasteiger partial charge in [0.2, 0.25) is 0 Å². The number of hydrogen-bond acceptors (Lipinski definition) is 3. The zero-order valence-electron chi connectivity index (χ0n) is 9.54. The third-order valence-corrected chi connectivity index (χ3v) is 3.10. The molecular weight excluding hydrogens is 220 g/mol. The minimum absolute atomic E-state index is 0.0802. The smallest absolute Gasteiger partial charge is 0.407 e. The molecule has 0 bridgehead atoms. The van der Waals surface area contributed by atoms with Crippen molar-refractivity contribution < 1.29 is 15.0 Å². The molecule has 0 aromatic carbocycles. The van der Waals surface area contributed by atoms with E-state index in [9.17, 15) is 4.79 Å². The predicted octanol–water partition coefficient (Wildman–Crippen LogP) is 1.43. The van der Waals surface area contributed by atoms with Gasteiger partial charge in [-0.2, -0.15) is 0 Å². The fraction of sp³-hybridized carbons (Fsp3) is 0.500. The molecule has 1 aliphatic heterocycles. The number of pyridine rings is 1. The van der Waals surface area contributed by atoms with Crippen LogP contribution in [-0.2, 0) is 6.61 Å². The Morgan fingerprint density at radius 3 is 3.06 bits per heavy atom. The first-order valence-corrected chi connectivity index (χ1v) is 5.75. The lowest BCUT2D eigenvalue weighted by atomic mass is 9.94. The standard InChI is InChI=1S/C12H16N2O3/c15-8-10-4-1-5-11(13-10)9-3-2-6-14(7-9)12(16)17/h1,4-5,9,15H,2-3,6-8H2,(H,16,17). The summed E-state index contributed by atoms with van der Waals surface area (Å²) in [6.45, 7) is 1.02. The number of carboxylic acid groups (broad SMARTS) is 1. The molecule has 2 rings (SSSR count). The molecule has 1 aromatic rings. The van der Waals surface area contributed by atoms with Crippen LogP contribution in [0.3, 0.4) is 0 Å². The summed E-state index contributed by atoms with van der Waals surface area (Å²) >= 11 is 0. The van der Waals surface area contributed by atoms with Gasteiger partial charge in [-0.1, -0.05) is 6.07 Å². The molecule has 1 aliphatic rings. The molecular formula is C12H16N2O3. The summed E-state index contributed by atoms with van der Waals surface area (Å²) in [5, 5.41) is 18.0. The molecule has 0 spiro atoms. The molecule has 1 atom stereocenters. The van der Waals surface area contributed by atoms with Crippen LogP contribution < -0.4 is 0 Å². The van der Waals surface area contributed by atoms with E-state index in [1.807, 2.05) is 12.1 Å². The average molecular weight is 236 g/mol. The van der Waals surface area contributed by atoms with E-state index in [0.717, 1.165) is 18.5 Å². The van der Waals surface area contributed by atoms with Crippen molar-refractivity contribution in [1.82, 2.24) is 9.88 Å². The third-order valence-electron chi connectivity index (χ3n) is 3.10. The van der Waals surface area contributed by atoms with E-state index in [2.05, 4.69) is 4.98 Å². The van der Waals surface area contributed by atoms with Gasteiger partial charge in [-0.15, -0.1) is 0 Å². The van der Waals surface area contributed by atoms with Crippen LogP contribution >= 0.6 is 0 Å². The normalized spacial score (nSPS) is 20.3. The largest absolute Gasteiger partial charge is 0.465 e. The number of aromatic nitrogens is 1. The number of piperidine rings is 1. The van der Waals surface area contributed by atoms with E-state index in [0.29, 0.717) is 18.8 Å². The second-order valence-electron chi connectivity index (χ2n) is 4.28. The molecule has 0 radical (unpaired) electrons. The van der Waals surface area contributed by atoms with Gasteiger partial charge in [-0.05, 0) is 25.0 Å². The van der Waals surface area contributed by atoms with Crippen molar-refractivity contribution in [2.75, 3.05) is 13.1 Å². The maximum absolute atomic E-state index is 10.9. The van der Waals surface area contributed by atoms with E-state index in [1.54, 1.807) is 6.07 Å². The molecule has 5 nitrogen and oxygen atoms in total. The Balaban J connectivity index is 2.13. The highest BCUT2D eigenvalue weighted by atomic mass is 16.4. The lowest BCUT2D eigenvalue weighted by Gasteiger charge is -2.30. The number of aliphatic hydroxyl groups is 1. The topological polar surface area (TPSA) is 73.7 Å². The maximum Gasteiger partial charge on any atom is 0.407 e. The summed E-state index contributed by atoms with van der Waals surface area (Å²) in [4.78, 5) is 16.7. The van der Waals surface area contributed by atoms with Crippen molar-refractivity contribution in [3.63, 3.8) is 0 Å². The summed E-state index contributed by atoms with van der Waals surface area (Å²) in [5.41, 5.74) is 1.51. The number of hydrogen-bond donors (Lipinski definition) is 2. The molecule has 1 fully saturated rings. The van der Waals surface area contributed by atoms with Crippen molar-refractivity contribution >= 4 is 6.09 Å². The Morgan fingerprint density at radius 2 is 2.35 bits per heavy atom. The van der Waals surface area contributed by atoms with Gasteiger partial charge in [0.05, 0.1) is 12.3 Å². The fourth-order valence-electron chi connectivity index (χ4n) is 2.21. The molecule has 2 heterocycles. The molecule has 0 saturated carbocycles. The quantitative estimate of drug-likeness (QED) is 0.814. The first-order valence-electron chi connectivity index (χ1n) is 5.75. The fourth-order valence-corrected chi connectivity index (χ4v) is 2.21. The Bertz CT molecular complexity index is 408. The van der Waals surface area contributed by atoms with Gasteiger partial charge < -0.3 is 15.1 Å². The highest BCUT2D eigenvalue weighted by molar-refractivity contribution is 5.65. The van der Waals surface area contributed by atoms with Crippen molar-refractivity contribution in [2.24, 2.45) is 0 Å². The van der Waals surface area contributed by atoms with Crippen molar-refractivity contribution in [1.29, 1.82) is 0 Å². The molecule has 1 unspecified atom stereocenters. The lowest BCUT2D eigenvalue weighted by molar-refractivity contribution is 0.130. The van der Waals surface area contributed by atoms with Gasteiger partial charge in [0.1, 0.15) is 0 Å². The highest BCUT2D eigenvalue weighted by Crippen LogP contribution is 2.25. The van der Waals surface area contributed by atoms with Crippen LogP contribution in [0.15, 0.2) is 18.2 Å². The number of aliphatic hydroxyl groups excluding tert-OH is 1. The van der Waals surface area contributed by atoms with Crippen LogP contribution in [0.5, 0.6) is 0 Å². The van der Waals surface area contributed by atoms with Gasteiger partial charge in [0.25, 0.3) is 0 Å². The van der Waals surface area contributed by atoms with Crippen LogP contribution in [0, 0.1) is 0 Å². The van der Waals surface area contributed by atoms with Gasteiger partial charge in [-0.25, -0.2) is 4.79 Å². The monoisotopic (exact) mass is 236 g/mol. The zero-order valence-corrected chi connectivity index (χ0v) is 9.54. The van der Waals surface area contributed by atoms with Gasteiger partial charge >= 0.3 is 6.09 Å². The van der Waals surface area contributed by atoms with Crippen LogP contribution in [0.4, 0.5) is 4.79 Å². The number of nitrogens with zero attached hydrogens (tertiary/aromatic N) is 2. The molecule has 2 N–H and O–H groups in total. The summed E-state index contributed by atoms with van der Waals surface area (Å²) in [7, 11) is 0. The second-order valence-corrected chi connectivity index (χ2v) is 4.28. The number of amides is 1. The summed E-state index contributed by atoms with van der Waals surface area (Å²) in [6, 6.07) is 5.52. The van der Waals surface area contributed by atoms with Crippen molar-refractivity contribution in [2.45, 2.75) is 25.4 Å². The van der Waals surface area contributed by atoms with Crippen molar-refractivity contribution in [3.05, 3.63) is 29.6 Å². The lowest BCUT2D eigenvalue weighted by Crippen LogP contribution is -2.38. The molecule has 0 aliphatic carbocycles. The molecule has 17 heavy (non-hydrogen) atoms. The Labute approximate surface area is 99.7 Å². The number of rotatable bonds is 2. The first kappa shape index (κ1) is 11.9. The van der Waals surface area contributed by atoms with Crippen LogP contribution in [-0.4, -0.2) is 39.3 Å². The molecule has 92 valence electrons. The van der Waals surface area contributed by atoms with E-state index < -0.39 is 6.09 Å². The SMILES string of the molecule is O=C(O)N1CCCC(c2cccc(CO)n2)C1. The van der Waals surface area contributed by atoms with Gasteiger partial charge in [0, 0.05) is 24.7 Å². The summed E-state index contributed by atoms with van der Waals surface area (Å²) < 4.78 is 0. The minimum Gasteiger partial charge on any atom is -0.465 e. The average Bonchev–Trinajstić information content (AvgIpc) is 2.39. The molecule has 5 heteroatoms. The third kappa shape index (κ3) is 2.74. The highest BCUT2D eigenvalue weighted by Gasteiger charge is 2.25. The predicted molar refractivity (Wildman–Crippen MR) is 61.7 cm³/mol. The Kier molecular flexibility index (Phi) is 3.58. The van der Waals surface area contributed by atoms with E-state index in [-0.39, 0.29) is 12.5 Å². The van der Waals surface area contributed by atoms with Crippen LogP contribution in [0.25, 0.3) is 0 Å². The van der Waals surface area contributed by atoms with Gasteiger partial charge in [0.15, 0.2) is 0 Å².